The van der Waals surface area contributed by atoms with E-state index in [-0.39, 0.29) is 12.4 Å². The summed E-state index contributed by atoms with van der Waals surface area (Å²) in [4.78, 5) is 8.68. The molecule has 1 aromatic carbocycles. The van der Waals surface area contributed by atoms with Gasteiger partial charge in [0.1, 0.15) is 0 Å². The van der Waals surface area contributed by atoms with Crippen LogP contribution in [0.15, 0.2) is 34.2 Å². The summed E-state index contributed by atoms with van der Waals surface area (Å²) in [6.07, 6.45) is 1.43. The second-order valence-corrected chi connectivity index (χ2v) is 5.53. The first-order chi connectivity index (χ1) is 10.7. The van der Waals surface area contributed by atoms with Crippen molar-refractivity contribution >= 4 is 11.3 Å². The van der Waals surface area contributed by atoms with Crippen molar-refractivity contribution < 1.29 is 13.7 Å². The highest BCUT2D eigenvalue weighted by Gasteiger charge is 2.11. The van der Waals surface area contributed by atoms with Crippen molar-refractivity contribution in [2.24, 2.45) is 0 Å². The van der Waals surface area contributed by atoms with E-state index in [0.717, 1.165) is 17.1 Å². The Labute approximate surface area is 130 Å². The van der Waals surface area contributed by atoms with Crippen molar-refractivity contribution in [2.45, 2.75) is 26.4 Å². The Hall–Kier alpha value is -2.28. The summed E-state index contributed by atoms with van der Waals surface area (Å²) in [5.74, 6) is 0.593. The molecule has 0 radical (unpaired) electrons. The molecule has 0 saturated heterocycles. The summed E-state index contributed by atoms with van der Waals surface area (Å²) >= 11 is 1.62. The zero-order valence-corrected chi connectivity index (χ0v) is 12.8. The molecule has 3 rings (SSSR count). The minimum atomic E-state index is -0.420. The van der Waals surface area contributed by atoms with Crippen molar-refractivity contribution in [2.75, 3.05) is 0 Å². The van der Waals surface area contributed by atoms with Gasteiger partial charge in [-0.2, -0.15) is 4.98 Å². The summed E-state index contributed by atoms with van der Waals surface area (Å²) in [6.45, 7) is 2.10. The molecule has 2 heterocycles. The predicted molar refractivity (Wildman–Crippen MR) is 79.3 cm³/mol. The molecule has 0 fully saturated rings. The molecule has 0 spiro atoms. The zero-order chi connectivity index (χ0) is 15.4. The zero-order valence-electron chi connectivity index (χ0n) is 12.0. The van der Waals surface area contributed by atoms with Crippen molar-refractivity contribution in [3.63, 3.8) is 0 Å². The SMILES string of the molecule is CCc1nc(Cc2noc(COc3ccccc3F)n2)cs1. The van der Waals surface area contributed by atoms with Crippen molar-refractivity contribution in [3.05, 3.63) is 57.9 Å². The Morgan fingerprint density at radius 3 is 2.91 bits per heavy atom. The van der Waals surface area contributed by atoms with Crippen LogP contribution in [0.5, 0.6) is 5.75 Å². The van der Waals surface area contributed by atoms with E-state index in [0.29, 0.717) is 18.1 Å². The van der Waals surface area contributed by atoms with Crippen molar-refractivity contribution in [1.82, 2.24) is 15.1 Å². The van der Waals surface area contributed by atoms with Crippen LogP contribution in [0.4, 0.5) is 4.39 Å². The molecule has 0 aliphatic heterocycles. The molecular weight excluding hydrogens is 305 g/mol. The highest BCUT2D eigenvalue weighted by molar-refractivity contribution is 7.09. The first-order valence-electron chi connectivity index (χ1n) is 6.86. The van der Waals surface area contributed by atoms with Gasteiger partial charge in [-0.25, -0.2) is 9.37 Å². The lowest BCUT2D eigenvalue weighted by Crippen LogP contribution is -1.98. The van der Waals surface area contributed by atoms with Gasteiger partial charge in [0.05, 0.1) is 17.1 Å². The van der Waals surface area contributed by atoms with Gasteiger partial charge in [0, 0.05) is 5.38 Å². The third-order valence-corrected chi connectivity index (χ3v) is 3.98. The van der Waals surface area contributed by atoms with Crippen LogP contribution in [0.2, 0.25) is 0 Å². The highest BCUT2D eigenvalue weighted by atomic mass is 32.1. The second-order valence-electron chi connectivity index (χ2n) is 4.59. The highest BCUT2D eigenvalue weighted by Crippen LogP contribution is 2.17. The molecule has 0 aliphatic rings. The van der Waals surface area contributed by atoms with Crippen LogP contribution < -0.4 is 4.74 Å². The fourth-order valence-electron chi connectivity index (χ4n) is 1.88. The van der Waals surface area contributed by atoms with Gasteiger partial charge in [-0.1, -0.05) is 24.2 Å². The lowest BCUT2D eigenvalue weighted by atomic mass is 10.3. The van der Waals surface area contributed by atoms with Crippen LogP contribution in [0, 0.1) is 5.82 Å². The van der Waals surface area contributed by atoms with Gasteiger partial charge in [-0.15, -0.1) is 11.3 Å². The van der Waals surface area contributed by atoms with Gasteiger partial charge >= 0.3 is 0 Å². The van der Waals surface area contributed by atoms with Gasteiger partial charge in [-0.3, -0.25) is 0 Å². The standard InChI is InChI=1S/C15H14FN3O2S/c1-2-15-17-10(9-22-15)7-13-18-14(21-19-13)8-20-12-6-4-3-5-11(12)16/h3-6,9H,2,7-8H2,1H3. The van der Waals surface area contributed by atoms with E-state index in [2.05, 4.69) is 22.0 Å². The smallest absolute Gasteiger partial charge is 0.264 e. The minimum Gasteiger partial charge on any atom is -0.481 e. The number of hydrogen-bond donors (Lipinski definition) is 0. The Balaban J connectivity index is 1.60. The molecule has 0 atom stereocenters. The van der Waals surface area contributed by atoms with E-state index in [4.69, 9.17) is 9.26 Å². The maximum Gasteiger partial charge on any atom is 0.264 e. The molecule has 0 bridgehead atoms. The van der Waals surface area contributed by atoms with Crippen LogP contribution in [0.1, 0.15) is 29.3 Å². The molecule has 0 saturated carbocycles. The molecule has 5 nitrogen and oxygen atoms in total. The number of aromatic nitrogens is 3. The van der Waals surface area contributed by atoms with Crippen molar-refractivity contribution in [1.29, 1.82) is 0 Å². The normalized spacial score (nSPS) is 10.8. The average molecular weight is 319 g/mol. The lowest BCUT2D eigenvalue weighted by molar-refractivity contribution is 0.234. The molecule has 0 N–H and O–H groups in total. The fourth-order valence-corrected chi connectivity index (χ4v) is 2.62. The molecule has 2 aromatic heterocycles. The largest absolute Gasteiger partial charge is 0.481 e. The van der Waals surface area contributed by atoms with Gasteiger partial charge in [0.2, 0.25) is 0 Å². The first-order valence-corrected chi connectivity index (χ1v) is 7.74. The van der Waals surface area contributed by atoms with Gasteiger partial charge in [0.25, 0.3) is 5.89 Å². The number of halogens is 1. The molecule has 0 aliphatic carbocycles. The predicted octanol–water partition coefficient (Wildman–Crippen LogP) is 3.40. The maximum atomic E-state index is 13.4. The lowest BCUT2D eigenvalue weighted by Gasteiger charge is -2.03. The number of ether oxygens (including phenoxy) is 1. The number of nitrogens with zero attached hydrogens (tertiary/aromatic N) is 3. The van der Waals surface area contributed by atoms with Crippen LogP contribution in [0.25, 0.3) is 0 Å². The summed E-state index contributed by atoms with van der Waals surface area (Å²) in [5, 5.41) is 6.96. The average Bonchev–Trinajstić information content (AvgIpc) is 3.16. The molecule has 114 valence electrons. The first kappa shape index (κ1) is 14.6. The van der Waals surface area contributed by atoms with E-state index in [1.54, 1.807) is 29.5 Å². The molecule has 3 aromatic rings. The third-order valence-electron chi connectivity index (χ3n) is 2.94. The molecule has 0 unspecified atom stereocenters. The van der Waals surface area contributed by atoms with E-state index in [9.17, 15) is 4.39 Å². The Morgan fingerprint density at radius 1 is 1.27 bits per heavy atom. The number of para-hydroxylation sites is 1. The Morgan fingerprint density at radius 2 is 2.14 bits per heavy atom. The van der Waals surface area contributed by atoms with Crippen molar-refractivity contribution in [3.8, 4) is 5.75 Å². The van der Waals surface area contributed by atoms with E-state index in [1.807, 2.05) is 5.38 Å². The van der Waals surface area contributed by atoms with E-state index in [1.165, 1.54) is 6.07 Å². The van der Waals surface area contributed by atoms with Gasteiger partial charge in [0.15, 0.2) is 24.0 Å². The summed E-state index contributed by atoms with van der Waals surface area (Å²) in [6, 6.07) is 6.19. The van der Waals surface area contributed by atoms with E-state index >= 15 is 0 Å². The third kappa shape index (κ3) is 3.48. The molecular formula is C15H14FN3O2S. The summed E-state index contributed by atoms with van der Waals surface area (Å²) in [5.41, 5.74) is 0.921. The summed E-state index contributed by atoms with van der Waals surface area (Å²) in [7, 11) is 0. The number of aryl methyl sites for hydroxylation is 1. The number of thiazole rings is 1. The van der Waals surface area contributed by atoms with Crippen LogP contribution >= 0.6 is 11.3 Å². The fraction of sp³-hybridized carbons (Fsp3) is 0.267. The van der Waals surface area contributed by atoms with Crippen LogP contribution in [0.3, 0.4) is 0 Å². The monoisotopic (exact) mass is 319 g/mol. The minimum absolute atomic E-state index is 0.0329. The molecule has 22 heavy (non-hydrogen) atoms. The second kappa shape index (κ2) is 6.65. The topological polar surface area (TPSA) is 61.0 Å². The molecule has 0 amide bonds. The summed E-state index contributed by atoms with van der Waals surface area (Å²) < 4.78 is 23.8. The number of rotatable bonds is 6. The number of hydrogen-bond acceptors (Lipinski definition) is 6. The number of benzene rings is 1. The Kier molecular flexibility index (Phi) is 4.43. The van der Waals surface area contributed by atoms with Gasteiger partial charge < -0.3 is 9.26 Å². The molecule has 7 heteroatoms. The van der Waals surface area contributed by atoms with Gasteiger partial charge in [-0.05, 0) is 18.6 Å². The maximum absolute atomic E-state index is 13.4. The quantitative estimate of drug-likeness (QED) is 0.697. The van der Waals surface area contributed by atoms with Crippen LogP contribution in [-0.2, 0) is 19.4 Å². The Bertz CT molecular complexity index is 757. The van der Waals surface area contributed by atoms with Crippen LogP contribution in [-0.4, -0.2) is 15.1 Å². The van der Waals surface area contributed by atoms with E-state index < -0.39 is 5.82 Å².